The zero-order valence-corrected chi connectivity index (χ0v) is 12.4. The average molecular weight is 257 g/mol. The van der Waals surface area contributed by atoms with Gasteiger partial charge in [0.2, 0.25) is 0 Å². The summed E-state index contributed by atoms with van der Waals surface area (Å²) in [5.41, 5.74) is 0.576. The third kappa shape index (κ3) is 3.94. The van der Waals surface area contributed by atoms with E-state index in [9.17, 15) is 0 Å². The van der Waals surface area contributed by atoms with Crippen molar-refractivity contribution in [2.45, 2.75) is 51.9 Å². The van der Waals surface area contributed by atoms with Crippen molar-refractivity contribution >= 4 is 8.32 Å². The second kappa shape index (κ2) is 5.33. The third-order valence-electron chi connectivity index (χ3n) is 3.39. The first-order chi connectivity index (χ1) is 7.76. The van der Waals surface area contributed by atoms with Gasteiger partial charge in [-0.05, 0) is 18.1 Å². The van der Waals surface area contributed by atoms with Gasteiger partial charge in [0.25, 0.3) is 0 Å². The number of aliphatic hydroxyl groups is 1. The molecule has 0 saturated heterocycles. The number of rotatable bonds is 5. The number of nitrogens with zero attached hydrogens (tertiary/aromatic N) is 1. The van der Waals surface area contributed by atoms with Crippen LogP contribution in [0.3, 0.4) is 0 Å². The highest BCUT2D eigenvalue weighted by Crippen LogP contribution is 2.36. The minimum absolute atomic E-state index is 0.0768. The Hall–Kier alpha value is -0.653. The van der Waals surface area contributed by atoms with Crippen molar-refractivity contribution in [3.8, 4) is 0 Å². The van der Waals surface area contributed by atoms with Crippen LogP contribution in [0.15, 0.2) is 10.6 Å². The van der Waals surface area contributed by atoms with Crippen LogP contribution < -0.4 is 0 Å². The van der Waals surface area contributed by atoms with Gasteiger partial charge in [-0.15, -0.1) is 0 Å². The summed E-state index contributed by atoms with van der Waals surface area (Å²) < 4.78 is 11.1. The van der Waals surface area contributed by atoms with E-state index in [1.807, 2.05) is 0 Å². The molecule has 0 aliphatic heterocycles. The lowest BCUT2D eigenvalue weighted by atomic mass is 10.2. The van der Waals surface area contributed by atoms with Crippen LogP contribution in [0.1, 0.15) is 32.2 Å². The van der Waals surface area contributed by atoms with E-state index in [0.29, 0.717) is 18.7 Å². The van der Waals surface area contributed by atoms with E-state index in [4.69, 9.17) is 14.1 Å². The SMILES string of the molecule is CC(C)(C)[Si](C)(C)OCCc1cc(CO)no1. The second-order valence-corrected chi connectivity index (χ2v) is 10.6. The molecule has 1 aromatic rings. The second-order valence-electron chi connectivity index (χ2n) is 5.80. The lowest BCUT2D eigenvalue weighted by Crippen LogP contribution is -2.41. The molecule has 4 nitrogen and oxygen atoms in total. The molecule has 0 fully saturated rings. The monoisotopic (exact) mass is 257 g/mol. The van der Waals surface area contributed by atoms with Gasteiger partial charge in [0.15, 0.2) is 8.32 Å². The van der Waals surface area contributed by atoms with Gasteiger partial charge in [-0.2, -0.15) is 0 Å². The fourth-order valence-corrected chi connectivity index (χ4v) is 2.22. The van der Waals surface area contributed by atoms with Gasteiger partial charge in [-0.3, -0.25) is 0 Å². The fourth-order valence-electron chi connectivity index (χ4n) is 1.17. The summed E-state index contributed by atoms with van der Waals surface area (Å²) in [4.78, 5) is 0. The minimum atomic E-state index is -1.67. The van der Waals surface area contributed by atoms with Gasteiger partial charge in [0.1, 0.15) is 11.5 Å². The Kier molecular flexibility index (Phi) is 4.52. The predicted octanol–water partition coefficient (Wildman–Crippen LogP) is 2.73. The van der Waals surface area contributed by atoms with Crippen molar-refractivity contribution in [1.29, 1.82) is 0 Å². The largest absolute Gasteiger partial charge is 0.416 e. The molecule has 0 bridgehead atoms. The van der Waals surface area contributed by atoms with Crippen LogP contribution in [0.25, 0.3) is 0 Å². The maximum Gasteiger partial charge on any atom is 0.191 e. The third-order valence-corrected chi connectivity index (χ3v) is 7.93. The maximum atomic E-state index is 8.87. The number of aromatic nitrogens is 1. The summed E-state index contributed by atoms with van der Waals surface area (Å²) in [7, 11) is -1.67. The molecular weight excluding hydrogens is 234 g/mol. The Balaban J connectivity index is 2.42. The molecule has 5 heteroatoms. The highest BCUT2D eigenvalue weighted by atomic mass is 28.4. The van der Waals surface area contributed by atoms with Crippen molar-refractivity contribution in [3.05, 3.63) is 17.5 Å². The van der Waals surface area contributed by atoms with E-state index < -0.39 is 8.32 Å². The zero-order valence-electron chi connectivity index (χ0n) is 11.4. The summed E-state index contributed by atoms with van der Waals surface area (Å²) in [6.45, 7) is 11.7. The molecule has 1 rings (SSSR count). The molecule has 1 N–H and O–H groups in total. The summed E-state index contributed by atoms with van der Waals surface area (Å²) in [5.74, 6) is 0.771. The molecule has 1 heterocycles. The van der Waals surface area contributed by atoms with E-state index in [0.717, 1.165) is 5.76 Å². The molecule has 0 amide bonds. The standard InChI is InChI=1S/C12H23NO3Si/c1-12(2,3)17(4,5)15-7-6-11-8-10(9-14)13-16-11/h8,14H,6-7,9H2,1-5H3. The van der Waals surface area contributed by atoms with Crippen molar-refractivity contribution in [2.75, 3.05) is 6.61 Å². The number of aliphatic hydroxyl groups excluding tert-OH is 1. The van der Waals surface area contributed by atoms with Crippen LogP contribution in [0.4, 0.5) is 0 Å². The van der Waals surface area contributed by atoms with E-state index in [1.54, 1.807) is 6.07 Å². The predicted molar refractivity (Wildman–Crippen MR) is 69.3 cm³/mol. The van der Waals surface area contributed by atoms with Gasteiger partial charge in [0.05, 0.1) is 6.61 Å². The maximum absolute atomic E-state index is 8.87. The fraction of sp³-hybridized carbons (Fsp3) is 0.750. The van der Waals surface area contributed by atoms with Crippen LogP contribution in [0, 0.1) is 0 Å². The molecule has 0 aliphatic rings. The van der Waals surface area contributed by atoms with E-state index in [1.165, 1.54) is 0 Å². The normalized spacial score (nSPS) is 13.1. The van der Waals surface area contributed by atoms with Gasteiger partial charge < -0.3 is 14.1 Å². The quantitative estimate of drug-likeness (QED) is 0.824. The van der Waals surface area contributed by atoms with E-state index >= 15 is 0 Å². The van der Waals surface area contributed by atoms with Crippen molar-refractivity contribution in [3.63, 3.8) is 0 Å². The minimum Gasteiger partial charge on any atom is -0.416 e. The van der Waals surface area contributed by atoms with Gasteiger partial charge in [-0.1, -0.05) is 25.9 Å². The van der Waals surface area contributed by atoms with E-state index in [-0.39, 0.29) is 11.6 Å². The first-order valence-corrected chi connectivity index (χ1v) is 8.86. The summed E-state index contributed by atoms with van der Waals surface area (Å²) in [5, 5.41) is 12.8. The van der Waals surface area contributed by atoms with E-state index in [2.05, 4.69) is 39.0 Å². The van der Waals surface area contributed by atoms with Crippen molar-refractivity contribution in [1.82, 2.24) is 5.16 Å². The summed E-state index contributed by atoms with van der Waals surface area (Å²) in [6, 6.07) is 1.77. The van der Waals surface area contributed by atoms with Crippen LogP contribution >= 0.6 is 0 Å². The molecule has 0 aromatic carbocycles. The molecule has 0 unspecified atom stereocenters. The lowest BCUT2D eigenvalue weighted by Gasteiger charge is -2.36. The molecule has 17 heavy (non-hydrogen) atoms. The Morgan fingerprint density at radius 3 is 2.53 bits per heavy atom. The van der Waals surface area contributed by atoms with Crippen LogP contribution in [-0.4, -0.2) is 25.2 Å². The molecule has 0 atom stereocenters. The highest BCUT2D eigenvalue weighted by Gasteiger charge is 2.36. The molecule has 0 aliphatic carbocycles. The number of hydrogen-bond acceptors (Lipinski definition) is 4. The topological polar surface area (TPSA) is 55.5 Å². The Morgan fingerprint density at radius 1 is 1.41 bits per heavy atom. The summed E-state index contributed by atoms with van der Waals surface area (Å²) >= 11 is 0. The van der Waals surface area contributed by atoms with Crippen LogP contribution in [0.2, 0.25) is 18.1 Å². The first-order valence-electron chi connectivity index (χ1n) is 5.95. The van der Waals surface area contributed by atoms with Crippen LogP contribution in [-0.2, 0) is 17.5 Å². The molecule has 98 valence electrons. The van der Waals surface area contributed by atoms with Crippen LogP contribution in [0.5, 0.6) is 0 Å². The lowest BCUT2D eigenvalue weighted by molar-refractivity contribution is 0.258. The molecule has 1 aromatic heterocycles. The average Bonchev–Trinajstić information content (AvgIpc) is 2.63. The Morgan fingerprint density at radius 2 is 2.06 bits per heavy atom. The Bertz CT molecular complexity index is 355. The summed E-state index contributed by atoms with van der Waals surface area (Å²) in [6.07, 6.45) is 0.708. The highest BCUT2D eigenvalue weighted by molar-refractivity contribution is 6.74. The number of hydrogen-bond donors (Lipinski definition) is 1. The first kappa shape index (κ1) is 14.4. The zero-order chi connectivity index (χ0) is 13.1. The van der Waals surface area contributed by atoms with Crippen molar-refractivity contribution < 1.29 is 14.1 Å². The molecular formula is C12H23NO3Si. The molecule has 0 spiro atoms. The molecule has 0 radical (unpaired) electrons. The molecule has 0 saturated carbocycles. The Labute approximate surface area is 104 Å². The van der Waals surface area contributed by atoms with Gasteiger partial charge in [0, 0.05) is 19.1 Å². The van der Waals surface area contributed by atoms with Gasteiger partial charge in [-0.25, -0.2) is 0 Å². The van der Waals surface area contributed by atoms with Gasteiger partial charge >= 0.3 is 0 Å². The van der Waals surface area contributed by atoms with Crippen molar-refractivity contribution in [2.24, 2.45) is 0 Å². The smallest absolute Gasteiger partial charge is 0.191 e.